The summed E-state index contributed by atoms with van der Waals surface area (Å²) >= 11 is 0. The van der Waals surface area contributed by atoms with Crippen LogP contribution in [0.25, 0.3) is 11.4 Å². The van der Waals surface area contributed by atoms with Gasteiger partial charge in [-0.25, -0.2) is 9.78 Å². The van der Waals surface area contributed by atoms with Crippen molar-refractivity contribution in [1.82, 2.24) is 14.9 Å². The van der Waals surface area contributed by atoms with Crippen molar-refractivity contribution in [2.45, 2.75) is 44.9 Å². The van der Waals surface area contributed by atoms with Crippen LogP contribution in [0.3, 0.4) is 0 Å². The van der Waals surface area contributed by atoms with E-state index in [0.717, 1.165) is 22.5 Å². The molecular weight excluding hydrogens is 503 g/mol. The van der Waals surface area contributed by atoms with E-state index in [1.54, 1.807) is 12.4 Å². The fraction of sp³-hybridized carbons (Fsp3) is 0.333. The third-order valence-corrected chi connectivity index (χ3v) is 6.79. The minimum absolute atomic E-state index is 0.00254. The number of Topliss-reactive ketones (excluding diaryl/α,β-unsaturated/α-hetero) is 1. The number of hydrogen-bond donors (Lipinski definition) is 2. The van der Waals surface area contributed by atoms with Gasteiger partial charge in [0.25, 0.3) is 5.91 Å². The number of nitrogens with zero attached hydrogens (tertiary/aromatic N) is 2. The van der Waals surface area contributed by atoms with E-state index in [9.17, 15) is 22.8 Å². The van der Waals surface area contributed by atoms with Crippen molar-refractivity contribution in [1.29, 1.82) is 0 Å². The number of imidazole rings is 1. The topological polar surface area (TPSA) is 113 Å². The normalized spacial score (nSPS) is 16.2. The predicted molar refractivity (Wildman–Crippen MR) is 131 cm³/mol. The number of carbonyl (C=O) groups excluding carboxylic acids is 2. The lowest BCUT2D eigenvalue weighted by Crippen LogP contribution is -2.52. The summed E-state index contributed by atoms with van der Waals surface area (Å²) in [6.07, 6.45) is 0.0443. The molecule has 0 unspecified atom stereocenters. The van der Waals surface area contributed by atoms with Crippen molar-refractivity contribution in [3.8, 4) is 17.1 Å². The molecule has 11 heteroatoms. The lowest BCUT2D eigenvalue weighted by molar-refractivity contribution is -0.192. The first-order valence-corrected chi connectivity index (χ1v) is 11.9. The minimum atomic E-state index is -5.08. The number of ether oxygens (including phenoxy) is 1. The zero-order valence-electron chi connectivity index (χ0n) is 20.8. The maximum atomic E-state index is 13.1. The molecule has 1 saturated heterocycles. The van der Waals surface area contributed by atoms with E-state index in [0.29, 0.717) is 49.2 Å². The molecule has 8 nitrogen and oxygen atoms in total. The van der Waals surface area contributed by atoms with E-state index in [2.05, 4.69) is 9.97 Å². The number of benzene rings is 2. The van der Waals surface area contributed by atoms with Crippen molar-refractivity contribution >= 4 is 17.7 Å². The number of amides is 1. The Bertz CT molecular complexity index is 1360. The van der Waals surface area contributed by atoms with Crippen LogP contribution in [0.2, 0.25) is 0 Å². The maximum absolute atomic E-state index is 13.1. The Labute approximate surface area is 216 Å². The number of aryl methyl sites for hydroxylation is 2. The van der Waals surface area contributed by atoms with Gasteiger partial charge in [0.2, 0.25) is 0 Å². The molecule has 3 aromatic rings. The van der Waals surface area contributed by atoms with Crippen LogP contribution in [-0.4, -0.2) is 62.5 Å². The van der Waals surface area contributed by atoms with E-state index >= 15 is 0 Å². The number of rotatable bonds is 2. The van der Waals surface area contributed by atoms with Crippen LogP contribution in [0.4, 0.5) is 13.2 Å². The van der Waals surface area contributed by atoms with Crippen LogP contribution in [0.1, 0.15) is 51.1 Å². The number of ketones is 1. The first-order chi connectivity index (χ1) is 17.9. The van der Waals surface area contributed by atoms with Gasteiger partial charge in [0.1, 0.15) is 17.2 Å². The summed E-state index contributed by atoms with van der Waals surface area (Å²) in [5, 5.41) is 7.12. The number of hydrogen-bond acceptors (Lipinski definition) is 5. The number of alkyl halides is 3. The van der Waals surface area contributed by atoms with Gasteiger partial charge in [0.15, 0.2) is 5.78 Å². The number of nitrogens with one attached hydrogen (secondary N) is 1. The first kappa shape index (κ1) is 26.9. The molecule has 0 aliphatic carbocycles. The largest absolute Gasteiger partial charge is 0.490 e. The van der Waals surface area contributed by atoms with Crippen LogP contribution in [0.5, 0.6) is 5.75 Å². The quantitative estimate of drug-likeness (QED) is 0.485. The molecule has 1 amide bonds. The van der Waals surface area contributed by atoms with E-state index in [1.807, 2.05) is 55.1 Å². The zero-order chi connectivity index (χ0) is 27.7. The van der Waals surface area contributed by atoms with E-state index < -0.39 is 17.7 Å². The Balaban J connectivity index is 0.000000426. The van der Waals surface area contributed by atoms with Gasteiger partial charge in [-0.15, -0.1) is 0 Å². The van der Waals surface area contributed by atoms with E-state index in [-0.39, 0.29) is 11.7 Å². The van der Waals surface area contributed by atoms with Crippen molar-refractivity contribution in [3.05, 3.63) is 71.0 Å². The Kier molecular flexibility index (Phi) is 7.30. The van der Waals surface area contributed by atoms with E-state index in [1.165, 1.54) is 0 Å². The molecule has 0 atom stereocenters. The summed E-state index contributed by atoms with van der Waals surface area (Å²) in [5.74, 6) is -1.20. The van der Waals surface area contributed by atoms with Crippen LogP contribution in [-0.2, 0) is 4.79 Å². The molecule has 0 bridgehead atoms. The summed E-state index contributed by atoms with van der Waals surface area (Å²) in [7, 11) is 0. The van der Waals surface area contributed by atoms with Gasteiger partial charge < -0.3 is 19.7 Å². The first-order valence-electron chi connectivity index (χ1n) is 11.9. The summed E-state index contributed by atoms with van der Waals surface area (Å²) in [6, 6.07) is 11.4. The van der Waals surface area contributed by atoms with Crippen molar-refractivity contribution in [2.24, 2.45) is 0 Å². The summed E-state index contributed by atoms with van der Waals surface area (Å²) in [5.41, 5.74) is 3.91. The number of carboxylic acids is 1. The third kappa shape index (κ3) is 5.71. The molecule has 0 radical (unpaired) electrons. The molecule has 38 heavy (non-hydrogen) atoms. The number of fused-ring (bicyclic) bond motifs is 1. The van der Waals surface area contributed by atoms with Crippen LogP contribution in [0.15, 0.2) is 48.8 Å². The number of aromatic nitrogens is 2. The van der Waals surface area contributed by atoms with Gasteiger partial charge in [-0.1, -0.05) is 12.1 Å². The molecule has 2 aliphatic rings. The highest BCUT2D eigenvalue weighted by atomic mass is 19.4. The molecule has 1 spiro atoms. The van der Waals surface area contributed by atoms with Gasteiger partial charge >= 0.3 is 12.1 Å². The number of carbonyl (C=O) groups is 3. The predicted octanol–water partition coefficient (Wildman–Crippen LogP) is 4.97. The molecule has 2 N–H and O–H groups in total. The van der Waals surface area contributed by atoms with E-state index in [4.69, 9.17) is 14.6 Å². The summed E-state index contributed by atoms with van der Waals surface area (Å²) in [4.78, 5) is 44.1. The molecule has 2 aliphatic heterocycles. The second kappa shape index (κ2) is 10.3. The highest BCUT2D eigenvalue weighted by Crippen LogP contribution is 2.40. The minimum Gasteiger partial charge on any atom is -0.486 e. The Morgan fingerprint density at radius 2 is 1.76 bits per heavy atom. The van der Waals surface area contributed by atoms with Gasteiger partial charge in [0.05, 0.1) is 12.0 Å². The lowest BCUT2D eigenvalue weighted by atomic mass is 9.81. The lowest BCUT2D eigenvalue weighted by Gasteiger charge is -2.44. The smallest absolute Gasteiger partial charge is 0.486 e. The standard InChI is InChI=1S/C25H25N3O3.C2HF3O2/c1-16-12-20-21(29)15-25(31-22(20)13-17(16)2)6-10-28(11-7-25)24(30)19-5-3-4-18(14-19)23-26-8-9-27-23;3-2(4,5)1(6)7/h3-5,8-9,12-14H,6-7,10-11,15H2,1-2H3,(H,26,27);(H,6,7). The highest BCUT2D eigenvalue weighted by molar-refractivity contribution is 6.01. The number of H-pyrrole nitrogens is 1. The average Bonchev–Trinajstić information content (AvgIpc) is 3.41. The molecule has 2 aromatic carbocycles. The van der Waals surface area contributed by atoms with Crippen LogP contribution < -0.4 is 4.74 Å². The summed E-state index contributed by atoms with van der Waals surface area (Å²) < 4.78 is 38.1. The number of aromatic amines is 1. The van der Waals surface area contributed by atoms with Crippen LogP contribution in [0, 0.1) is 13.8 Å². The molecule has 0 saturated carbocycles. The second-order valence-electron chi connectivity index (χ2n) is 9.43. The number of halogens is 3. The van der Waals surface area contributed by atoms with Gasteiger partial charge in [0, 0.05) is 49.5 Å². The number of carboxylic acid groups (broad SMARTS) is 1. The average molecular weight is 530 g/mol. The Morgan fingerprint density at radius 3 is 2.37 bits per heavy atom. The third-order valence-electron chi connectivity index (χ3n) is 6.79. The van der Waals surface area contributed by atoms with Gasteiger partial charge in [-0.3, -0.25) is 9.59 Å². The number of aliphatic carboxylic acids is 1. The molecule has 5 rings (SSSR count). The molecule has 1 fully saturated rings. The molecular formula is C27H26F3N3O5. The fourth-order valence-electron chi connectivity index (χ4n) is 4.55. The van der Waals surface area contributed by atoms with Crippen molar-refractivity contribution in [2.75, 3.05) is 13.1 Å². The molecule has 200 valence electrons. The number of piperidine rings is 1. The Morgan fingerprint density at radius 1 is 1.11 bits per heavy atom. The van der Waals surface area contributed by atoms with Crippen molar-refractivity contribution in [3.63, 3.8) is 0 Å². The SMILES string of the molecule is Cc1cc2c(cc1C)C(=O)CC1(CCN(C(=O)c3cccc(-c4ncc[nH]4)c3)CC1)O2.O=C(O)C(F)(F)F. The maximum Gasteiger partial charge on any atom is 0.490 e. The summed E-state index contributed by atoms with van der Waals surface area (Å²) in [6.45, 7) is 5.18. The Hall–Kier alpha value is -4.15. The molecule has 1 aromatic heterocycles. The second-order valence-corrected chi connectivity index (χ2v) is 9.43. The zero-order valence-corrected chi connectivity index (χ0v) is 20.8. The number of likely N-dealkylation sites (tertiary alicyclic amines) is 1. The van der Waals surface area contributed by atoms with Gasteiger partial charge in [-0.05, 0) is 49.2 Å². The monoisotopic (exact) mass is 529 g/mol. The van der Waals surface area contributed by atoms with Crippen LogP contribution >= 0.6 is 0 Å². The van der Waals surface area contributed by atoms with Crippen molar-refractivity contribution < 1.29 is 37.4 Å². The fourth-order valence-corrected chi connectivity index (χ4v) is 4.55. The highest BCUT2D eigenvalue weighted by Gasteiger charge is 2.44. The molecule has 3 heterocycles. The van der Waals surface area contributed by atoms with Gasteiger partial charge in [-0.2, -0.15) is 13.2 Å².